The molecule has 1 fully saturated rings. The van der Waals surface area contributed by atoms with E-state index in [-0.39, 0.29) is 12.1 Å². The Balaban J connectivity index is 1.63. The van der Waals surface area contributed by atoms with Crippen LogP contribution in [0.25, 0.3) is 0 Å². The second-order valence-electron chi connectivity index (χ2n) is 7.75. The highest BCUT2D eigenvalue weighted by Gasteiger charge is 2.20. The van der Waals surface area contributed by atoms with Crippen molar-refractivity contribution < 1.29 is 14.3 Å². The molecule has 2 aromatic rings. The van der Waals surface area contributed by atoms with Gasteiger partial charge < -0.3 is 25.4 Å². The molecule has 0 heterocycles. The van der Waals surface area contributed by atoms with Gasteiger partial charge in [0.1, 0.15) is 6.61 Å². The average Bonchev–Trinajstić information content (AvgIpc) is 2.79. The number of rotatable bonds is 9. The van der Waals surface area contributed by atoms with Crippen LogP contribution in [-0.2, 0) is 13.2 Å². The number of amides is 2. The summed E-state index contributed by atoms with van der Waals surface area (Å²) in [6.07, 6.45) is 5.75. The van der Waals surface area contributed by atoms with E-state index in [9.17, 15) is 4.79 Å². The summed E-state index contributed by atoms with van der Waals surface area (Å²) < 4.78 is 11.5. The molecule has 1 aliphatic rings. The molecule has 6 heteroatoms. The van der Waals surface area contributed by atoms with Gasteiger partial charge in [0.25, 0.3) is 0 Å². The van der Waals surface area contributed by atoms with Gasteiger partial charge in [-0.15, -0.1) is 0 Å². The van der Waals surface area contributed by atoms with E-state index in [1.54, 1.807) is 12.0 Å². The smallest absolute Gasteiger partial charge is 0.317 e. The van der Waals surface area contributed by atoms with Gasteiger partial charge in [-0.1, -0.05) is 55.7 Å². The molecule has 0 unspecified atom stereocenters. The van der Waals surface area contributed by atoms with Gasteiger partial charge in [-0.2, -0.15) is 0 Å². The van der Waals surface area contributed by atoms with Gasteiger partial charge in [0.2, 0.25) is 0 Å². The highest BCUT2D eigenvalue weighted by molar-refractivity contribution is 5.74. The first-order valence-corrected chi connectivity index (χ1v) is 10.8. The minimum atomic E-state index is -0.0456. The SMILES string of the molecule is COc1cc(CN(CCN)C(=O)NC2CCCCC2)ccc1OCc1ccccc1. The fourth-order valence-electron chi connectivity index (χ4n) is 3.81. The summed E-state index contributed by atoms with van der Waals surface area (Å²) in [4.78, 5) is 14.6. The number of benzene rings is 2. The Kier molecular flexibility index (Phi) is 8.39. The van der Waals surface area contributed by atoms with Crippen molar-refractivity contribution in [2.24, 2.45) is 5.73 Å². The molecular weight excluding hydrogens is 378 g/mol. The number of hydrogen-bond donors (Lipinski definition) is 2. The van der Waals surface area contributed by atoms with Crippen molar-refractivity contribution in [3.05, 3.63) is 59.7 Å². The number of hydrogen-bond acceptors (Lipinski definition) is 4. The number of nitrogens with two attached hydrogens (primary N) is 1. The lowest BCUT2D eigenvalue weighted by molar-refractivity contribution is 0.188. The molecule has 0 bridgehead atoms. The van der Waals surface area contributed by atoms with Crippen LogP contribution < -0.4 is 20.5 Å². The molecule has 2 amide bonds. The first-order chi connectivity index (χ1) is 14.7. The molecule has 0 aliphatic heterocycles. The highest BCUT2D eigenvalue weighted by Crippen LogP contribution is 2.29. The lowest BCUT2D eigenvalue weighted by atomic mass is 9.96. The summed E-state index contributed by atoms with van der Waals surface area (Å²) in [5.74, 6) is 1.34. The van der Waals surface area contributed by atoms with Gasteiger partial charge in [0, 0.05) is 25.7 Å². The molecule has 3 N–H and O–H groups in total. The summed E-state index contributed by atoms with van der Waals surface area (Å²) in [5.41, 5.74) is 7.84. The topological polar surface area (TPSA) is 76.8 Å². The molecule has 0 atom stereocenters. The fraction of sp³-hybridized carbons (Fsp3) is 0.458. The lowest BCUT2D eigenvalue weighted by Gasteiger charge is -2.28. The molecule has 162 valence electrons. The maximum absolute atomic E-state index is 12.8. The molecule has 1 saturated carbocycles. The van der Waals surface area contributed by atoms with E-state index >= 15 is 0 Å². The van der Waals surface area contributed by atoms with Gasteiger partial charge >= 0.3 is 6.03 Å². The zero-order valence-corrected chi connectivity index (χ0v) is 17.8. The van der Waals surface area contributed by atoms with Crippen molar-refractivity contribution in [3.63, 3.8) is 0 Å². The van der Waals surface area contributed by atoms with Crippen molar-refractivity contribution in [1.82, 2.24) is 10.2 Å². The Bertz CT molecular complexity index is 792. The second-order valence-corrected chi connectivity index (χ2v) is 7.75. The van der Waals surface area contributed by atoms with E-state index < -0.39 is 0 Å². The monoisotopic (exact) mass is 411 g/mol. The number of urea groups is 1. The van der Waals surface area contributed by atoms with E-state index in [0.29, 0.717) is 37.7 Å². The molecule has 0 aromatic heterocycles. The maximum atomic E-state index is 12.8. The Labute approximate surface area is 179 Å². The summed E-state index contributed by atoms with van der Waals surface area (Å²) in [6.45, 7) is 1.88. The Morgan fingerprint density at radius 2 is 1.83 bits per heavy atom. The molecule has 0 spiro atoms. The van der Waals surface area contributed by atoms with Gasteiger partial charge in [0.05, 0.1) is 7.11 Å². The minimum Gasteiger partial charge on any atom is -0.493 e. The van der Waals surface area contributed by atoms with Gasteiger partial charge in [-0.25, -0.2) is 4.79 Å². The number of methoxy groups -OCH3 is 1. The van der Waals surface area contributed by atoms with Gasteiger partial charge in [0.15, 0.2) is 11.5 Å². The van der Waals surface area contributed by atoms with Crippen molar-refractivity contribution in [1.29, 1.82) is 0 Å². The highest BCUT2D eigenvalue weighted by atomic mass is 16.5. The predicted octanol–water partition coefficient (Wildman–Crippen LogP) is 4.08. The second kappa shape index (κ2) is 11.5. The molecule has 6 nitrogen and oxygen atoms in total. The van der Waals surface area contributed by atoms with E-state index in [2.05, 4.69) is 5.32 Å². The third-order valence-electron chi connectivity index (χ3n) is 5.46. The molecule has 1 aliphatic carbocycles. The third-order valence-corrected chi connectivity index (χ3v) is 5.46. The van der Waals surface area contributed by atoms with E-state index in [4.69, 9.17) is 15.2 Å². The largest absolute Gasteiger partial charge is 0.493 e. The molecule has 0 saturated heterocycles. The van der Waals surface area contributed by atoms with Crippen LogP contribution in [0.2, 0.25) is 0 Å². The summed E-state index contributed by atoms with van der Waals surface area (Å²) in [5, 5.41) is 3.18. The van der Waals surface area contributed by atoms with Crippen LogP contribution in [0.3, 0.4) is 0 Å². The number of nitrogens with zero attached hydrogens (tertiary/aromatic N) is 1. The number of carbonyl (C=O) groups excluding carboxylic acids is 1. The summed E-state index contributed by atoms with van der Waals surface area (Å²) in [7, 11) is 1.63. The van der Waals surface area contributed by atoms with Crippen LogP contribution >= 0.6 is 0 Å². The van der Waals surface area contributed by atoms with Crippen molar-refractivity contribution in [2.75, 3.05) is 20.2 Å². The Morgan fingerprint density at radius 1 is 1.07 bits per heavy atom. The first kappa shape index (κ1) is 22.0. The standard InChI is InChI=1S/C24H33N3O3/c1-29-23-16-20(12-13-22(23)30-18-19-8-4-2-5-9-19)17-27(15-14-25)24(28)26-21-10-6-3-7-11-21/h2,4-5,8-9,12-13,16,21H,3,6-7,10-11,14-15,17-18,25H2,1H3,(H,26,28). The van der Waals surface area contributed by atoms with Crippen LogP contribution in [0.5, 0.6) is 11.5 Å². The van der Waals surface area contributed by atoms with E-state index in [0.717, 1.165) is 24.0 Å². The lowest BCUT2D eigenvalue weighted by Crippen LogP contribution is -2.46. The van der Waals surface area contributed by atoms with Crippen LogP contribution in [0.1, 0.15) is 43.2 Å². The molecule has 2 aromatic carbocycles. The van der Waals surface area contributed by atoms with Crippen LogP contribution in [0.15, 0.2) is 48.5 Å². The normalized spacial score (nSPS) is 14.2. The molecule has 3 rings (SSSR count). The molecular formula is C24H33N3O3. The summed E-state index contributed by atoms with van der Waals surface area (Å²) in [6, 6.07) is 16.0. The average molecular weight is 412 g/mol. The number of nitrogens with one attached hydrogen (secondary N) is 1. The zero-order valence-electron chi connectivity index (χ0n) is 17.8. The van der Waals surface area contributed by atoms with Crippen molar-refractivity contribution in [3.8, 4) is 11.5 Å². The van der Waals surface area contributed by atoms with Gasteiger partial charge in [-0.3, -0.25) is 0 Å². The van der Waals surface area contributed by atoms with Crippen molar-refractivity contribution >= 4 is 6.03 Å². The Morgan fingerprint density at radius 3 is 2.53 bits per heavy atom. The molecule has 30 heavy (non-hydrogen) atoms. The maximum Gasteiger partial charge on any atom is 0.317 e. The fourth-order valence-corrected chi connectivity index (χ4v) is 3.81. The van der Waals surface area contributed by atoms with Crippen LogP contribution in [-0.4, -0.2) is 37.2 Å². The van der Waals surface area contributed by atoms with Gasteiger partial charge in [-0.05, 0) is 36.1 Å². The van der Waals surface area contributed by atoms with Crippen LogP contribution in [0.4, 0.5) is 4.79 Å². The first-order valence-electron chi connectivity index (χ1n) is 10.8. The minimum absolute atomic E-state index is 0.0456. The summed E-state index contributed by atoms with van der Waals surface area (Å²) >= 11 is 0. The quantitative estimate of drug-likeness (QED) is 0.652. The van der Waals surface area contributed by atoms with E-state index in [1.165, 1.54) is 19.3 Å². The predicted molar refractivity (Wildman–Crippen MR) is 119 cm³/mol. The molecule has 0 radical (unpaired) electrons. The van der Waals surface area contributed by atoms with Crippen LogP contribution in [0, 0.1) is 0 Å². The third kappa shape index (κ3) is 6.39. The number of ether oxygens (including phenoxy) is 2. The van der Waals surface area contributed by atoms with Crippen molar-refractivity contribution in [2.45, 2.75) is 51.3 Å². The number of carbonyl (C=O) groups is 1. The van der Waals surface area contributed by atoms with E-state index in [1.807, 2.05) is 48.5 Å². The zero-order chi connectivity index (χ0) is 21.2. The Hall–Kier alpha value is -2.73.